The average molecular weight is 403 g/mol. The van der Waals surface area contributed by atoms with Gasteiger partial charge in [-0.15, -0.1) is 0 Å². The number of hydrogen-bond donors (Lipinski definition) is 1. The Morgan fingerprint density at radius 1 is 1.07 bits per heavy atom. The first kappa shape index (κ1) is 19.2. The van der Waals surface area contributed by atoms with Gasteiger partial charge in [0.1, 0.15) is 5.82 Å². The van der Waals surface area contributed by atoms with Crippen molar-refractivity contribution >= 4 is 22.6 Å². The summed E-state index contributed by atoms with van der Waals surface area (Å²) in [6, 6.07) is 17.5. The van der Waals surface area contributed by atoms with Gasteiger partial charge in [0, 0.05) is 4.92 Å². The van der Waals surface area contributed by atoms with E-state index in [1.807, 2.05) is 17.4 Å². The Balaban J connectivity index is 1.73. The summed E-state index contributed by atoms with van der Waals surface area (Å²) in [6.45, 7) is 0. The van der Waals surface area contributed by atoms with E-state index in [1.54, 1.807) is 36.4 Å². The number of rotatable bonds is 4. The standard InChI is InChI=1S/C22H14FN3O4/c23-17-11-4-3-9-16(17)20(27)25-21(28)22(12-24)18(19(22)26(29)30)15-10-5-7-13-6-1-2-8-14(13)15/h1-11,18-19H,(H,25,27,28)/t18-,19-,22+/m0/s1. The van der Waals surface area contributed by atoms with E-state index in [0.717, 1.165) is 11.5 Å². The van der Waals surface area contributed by atoms with E-state index in [1.165, 1.54) is 18.2 Å². The van der Waals surface area contributed by atoms with Gasteiger partial charge in [-0.25, -0.2) is 4.39 Å². The summed E-state index contributed by atoms with van der Waals surface area (Å²) in [6.07, 6.45) is 0. The van der Waals surface area contributed by atoms with E-state index >= 15 is 0 Å². The van der Waals surface area contributed by atoms with Crippen molar-refractivity contribution in [3.63, 3.8) is 0 Å². The minimum absolute atomic E-state index is 0.390. The lowest BCUT2D eigenvalue weighted by Gasteiger charge is -2.09. The second-order valence-electron chi connectivity index (χ2n) is 7.02. The van der Waals surface area contributed by atoms with Crippen LogP contribution in [0.5, 0.6) is 0 Å². The summed E-state index contributed by atoms with van der Waals surface area (Å²) in [5.41, 5.74) is -1.99. The average Bonchev–Trinajstić information content (AvgIpc) is 3.44. The second kappa shape index (κ2) is 7.04. The maximum absolute atomic E-state index is 13.9. The van der Waals surface area contributed by atoms with Crippen LogP contribution in [0.1, 0.15) is 21.8 Å². The Labute approximate surface area is 169 Å². The molecule has 0 bridgehead atoms. The van der Waals surface area contributed by atoms with Gasteiger partial charge in [0.2, 0.25) is 5.41 Å². The topological polar surface area (TPSA) is 113 Å². The summed E-state index contributed by atoms with van der Waals surface area (Å²) in [5.74, 6) is -4.06. The Bertz CT molecular complexity index is 1250. The lowest BCUT2D eigenvalue weighted by atomic mass is 9.95. The number of nitriles is 1. The first-order chi connectivity index (χ1) is 14.4. The zero-order valence-corrected chi connectivity index (χ0v) is 15.4. The number of nitrogens with one attached hydrogen (secondary N) is 1. The third-order valence-corrected chi connectivity index (χ3v) is 5.46. The number of fused-ring (bicyclic) bond motifs is 1. The van der Waals surface area contributed by atoms with E-state index in [0.29, 0.717) is 10.9 Å². The first-order valence-corrected chi connectivity index (χ1v) is 9.04. The largest absolute Gasteiger partial charge is 0.291 e. The van der Waals surface area contributed by atoms with Gasteiger partial charge < -0.3 is 0 Å². The maximum Gasteiger partial charge on any atom is 0.260 e. The molecule has 1 N–H and O–H groups in total. The molecular weight excluding hydrogens is 389 g/mol. The minimum atomic E-state index is -2.07. The molecule has 30 heavy (non-hydrogen) atoms. The molecule has 2 amide bonds. The van der Waals surface area contributed by atoms with Crippen LogP contribution < -0.4 is 5.32 Å². The molecule has 3 aromatic carbocycles. The zero-order valence-electron chi connectivity index (χ0n) is 15.4. The van der Waals surface area contributed by atoms with Crippen LogP contribution in [0.3, 0.4) is 0 Å². The quantitative estimate of drug-likeness (QED) is 0.408. The Morgan fingerprint density at radius 3 is 2.43 bits per heavy atom. The van der Waals surface area contributed by atoms with Crippen molar-refractivity contribution in [2.45, 2.75) is 12.0 Å². The predicted octanol–water partition coefficient (Wildman–Crippen LogP) is 3.19. The Kier molecular flexibility index (Phi) is 4.51. The van der Waals surface area contributed by atoms with Crippen LogP contribution in [-0.4, -0.2) is 22.8 Å². The van der Waals surface area contributed by atoms with Crippen molar-refractivity contribution in [1.29, 1.82) is 5.26 Å². The van der Waals surface area contributed by atoms with Crippen molar-refractivity contribution in [2.24, 2.45) is 5.41 Å². The number of imide groups is 1. The van der Waals surface area contributed by atoms with E-state index in [2.05, 4.69) is 0 Å². The molecule has 8 heteroatoms. The summed E-state index contributed by atoms with van der Waals surface area (Å²) in [5, 5.41) is 25.0. The third-order valence-electron chi connectivity index (χ3n) is 5.46. The molecule has 3 atom stereocenters. The number of benzene rings is 3. The highest BCUT2D eigenvalue weighted by atomic mass is 19.1. The fourth-order valence-corrected chi connectivity index (χ4v) is 3.98. The van der Waals surface area contributed by atoms with Gasteiger partial charge in [0.05, 0.1) is 17.6 Å². The minimum Gasteiger partial charge on any atom is -0.291 e. The van der Waals surface area contributed by atoms with Crippen LogP contribution in [-0.2, 0) is 4.79 Å². The molecule has 1 saturated carbocycles. The van der Waals surface area contributed by atoms with E-state index in [9.17, 15) is 29.4 Å². The van der Waals surface area contributed by atoms with Gasteiger partial charge in [0.15, 0.2) is 0 Å². The molecule has 0 aliphatic heterocycles. The van der Waals surface area contributed by atoms with Crippen molar-refractivity contribution in [3.8, 4) is 6.07 Å². The van der Waals surface area contributed by atoms with E-state index in [4.69, 9.17) is 0 Å². The van der Waals surface area contributed by atoms with Crippen LogP contribution >= 0.6 is 0 Å². The highest BCUT2D eigenvalue weighted by Gasteiger charge is 2.80. The molecule has 0 aromatic heterocycles. The molecule has 0 unspecified atom stereocenters. The smallest absolute Gasteiger partial charge is 0.260 e. The van der Waals surface area contributed by atoms with Crippen molar-refractivity contribution in [3.05, 3.63) is 93.8 Å². The summed E-state index contributed by atoms with van der Waals surface area (Å²) < 4.78 is 13.9. The number of amides is 2. The normalized spacial score (nSPS) is 22.1. The molecule has 1 fully saturated rings. The number of nitro groups is 1. The van der Waals surface area contributed by atoms with Crippen LogP contribution in [0.25, 0.3) is 10.8 Å². The molecule has 0 saturated heterocycles. The maximum atomic E-state index is 13.9. The number of hydrogen-bond acceptors (Lipinski definition) is 5. The van der Waals surface area contributed by atoms with E-state index in [-0.39, 0.29) is 5.56 Å². The third kappa shape index (κ3) is 2.79. The molecule has 0 radical (unpaired) electrons. The Hall–Kier alpha value is -4.12. The summed E-state index contributed by atoms with van der Waals surface area (Å²) >= 11 is 0. The molecule has 1 aliphatic carbocycles. The van der Waals surface area contributed by atoms with Crippen molar-refractivity contribution in [2.75, 3.05) is 0 Å². The van der Waals surface area contributed by atoms with Gasteiger partial charge in [-0.1, -0.05) is 54.6 Å². The zero-order chi connectivity index (χ0) is 21.5. The number of halogens is 1. The van der Waals surface area contributed by atoms with Gasteiger partial charge in [-0.3, -0.25) is 25.0 Å². The van der Waals surface area contributed by atoms with Crippen LogP contribution in [0.15, 0.2) is 66.7 Å². The van der Waals surface area contributed by atoms with Gasteiger partial charge in [-0.2, -0.15) is 5.26 Å². The predicted molar refractivity (Wildman–Crippen MR) is 104 cm³/mol. The molecular formula is C22H14FN3O4. The monoisotopic (exact) mass is 403 g/mol. The fourth-order valence-electron chi connectivity index (χ4n) is 3.98. The SMILES string of the molecule is N#C[C@]1(C(=O)NC(=O)c2ccccc2F)[C@@H]([N+](=O)[O-])[C@@H]1c1cccc2ccccc12. The molecule has 4 rings (SSSR count). The highest BCUT2D eigenvalue weighted by Crippen LogP contribution is 2.61. The van der Waals surface area contributed by atoms with Gasteiger partial charge >= 0.3 is 0 Å². The molecule has 148 valence electrons. The van der Waals surface area contributed by atoms with Crippen molar-refractivity contribution < 1.29 is 18.9 Å². The van der Waals surface area contributed by atoms with Crippen LogP contribution in [0.2, 0.25) is 0 Å². The highest BCUT2D eigenvalue weighted by molar-refractivity contribution is 6.09. The number of carbonyl (C=O) groups is 2. The number of carbonyl (C=O) groups excluding carboxylic acids is 2. The van der Waals surface area contributed by atoms with E-state index < -0.39 is 39.9 Å². The molecule has 1 aliphatic rings. The molecule has 0 heterocycles. The Morgan fingerprint density at radius 2 is 1.73 bits per heavy atom. The van der Waals surface area contributed by atoms with Gasteiger partial charge in [-0.05, 0) is 28.5 Å². The first-order valence-electron chi connectivity index (χ1n) is 9.04. The van der Waals surface area contributed by atoms with Crippen LogP contribution in [0, 0.1) is 32.7 Å². The molecule has 3 aromatic rings. The van der Waals surface area contributed by atoms with Gasteiger partial charge in [0.25, 0.3) is 17.9 Å². The molecule has 0 spiro atoms. The van der Waals surface area contributed by atoms with Crippen molar-refractivity contribution in [1.82, 2.24) is 5.32 Å². The van der Waals surface area contributed by atoms with Crippen LogP contribution in [0.4, 0.5) is 4.39 Å². The summed E-state index contributed by atoms with van der Waals surface area (Å²) in [4.78, 5) is 36.3. The lowest BCUT2D eigenvalue weighted by molar-refractivity contribution is -0.500. The number of nitrogens with zero attached hydrogens (tertiary/aromatic N) is 2. The second-order valence-corrected chi connectivity index (χ2v) is 7.02. The lowest BCUT2D eigenvalue weighted by Crippen LogP contribution is -2.39. The fraction of sp³-hybridized carbons (Fsp3) is 0.136. The summed E-state index contributed by atoms with van der Waals surface area (Å²) in [7, 11) is 0. The molecule has 7 nitrogen and oxygen atoms in total.